The normalized spacial score (nSPS) is 17.9. The molecule has 3 aromatic rings. The number of para-hydroxylation sites is 1. The van der Waals surface area contributed by atoms with Crippen molar-refractivity contribution in [2.75, 3.05) is 63.1 Å². The lowest BCUT2D eigenvalue weighted by Gasteiger charge is -2.32. The lowest BCUT2D eigenvalue weighted by atomic mass is 10.0. The van der Waals surface area contributed by atoms with Crippen molar-refractivity contribution >= 4 is 38.9 Å². The molecule has 3 heterocycles. The van der Waals surface area contributed by atoms with Crippen LogP contribution < -0.4 is 5.32 Å². The molecular weight excluding hydrogens is 572 g/mol. The fourth-order valence-corrected chi connectivity index (χ4v) is 7.61. The highest BCUT2D eigenvalue weighted by Gasteiger charge is 2.25. The number of likely N-dealkylation sites (N-methyl/N-ethyl adjacent to an activating group) is 1. The van der Waals surface area contributed by atoms with E-state index in [0.717, 1.165) is 54.2 Å². The van der Waals surface area contributed by atoms with Crippen LogP contribution in [0.5, 0.6) is 0 Å². The molecular formula is C31H38N4O5S2. The van der Waals surface area contributed by atoms with Gasteiger partial charge in [-0.05, 0) is 36.6 Å². The zero-order chi connectivity index (χ0) is 29.5. The Kier molecular flexibility index (Phi) is 9.94. The number of benzene rings is 2. The quantitative estimate of drug-likeness (QED) is 0.383. The summed E-state index contributed by atoms with van der Waals surface area (Å²) in [6, 6.07) is 21.5. The number of piperidine rings is 1. The van der Waals surface area contributed by atoms with Gasteiger partial charge in [0.25, 0.3) is 5.91 Å². The molecule has 0 radical (unpaired) electrons. The number of hydrogen-bond donors (Lipinski definition) is 1. The van der Waals surface area contributed by atoms with Crippen molar-refractivity contribution in [2.24, 2.45) is 0 Å². The van der Waals surface area contributed by atoms with Gasteiger partial charge in [0, 0.05) is 63.3 Å². The number of rotatable bonds is 9. The monoisotopic (exact) mass is 610 g/mol. The molecule has 9 nitrogen and oxygen atoms in total. The molecule has 0 bridgehead atoms. The maximum Gasteiger partial charge on any atom is 0.411 e. The van der Waals surface area contributed by atoms with E-state index in [-0.39, 0.29) is 23.5 Å². The van der Waals surface area contributed by atoms with E-state index in [2.05, 4.69) is 15.1 Å². The molecule has 2 aliphatic heterocycles. The third kappa shape index (κ3) is 8.19. The van der Waals surface area contributed by atoms with Crippen molar-refractivity contribution in [2.45, 2.75) is 25.5 Å². The number of nitrogens with one attached hydrogen (secondary N) is 1. The van der Waals surface area contributed by atoms with Crippen LogP contribution in [0.1, 0.15) is 27.4 Å². The lowest BCUT2D eigenvalue weighted by molar-refractivity contribution is 0.0541. The number of anilines is 1. The Morgan fingerprint density at radius 3 is 2.36 bits per heavy atom. The van der Waals surface area contributed by atoms with Gasteiger partial charge in [0.2, 0.25) is 0 Å². The smallest absolute Gasteiger partial charge is 0.411 e. The molecule has 2 amide bonds. The number of amides is 2. The van der Waals surface area contributed by atoms with Crippen molar-refractivity contribution in [3.8, 4) is 11.1 Å². The number of hydrogen-bond acceptors (Lipinski definition) is 8. The molecule has 0 spiro atoms. The van der Waals surface area contributed by atoms with Gasteiger partial charge in [0.15, 0.2) is 9.84 Å². The Hall–Kier alpha value is -3.25. The predicted octanol–water partition coefficient (Wildman–Crippen LogP) is 4.43. The Balaban J connectivity index is 1.03. The molecule has 0 unspecified atom stereocenters. The van der Waals surface area contributed by atoms with Gasteiger partial charge in [-0.1, -0.05) is 48.5 Å². The summed E-state index contributed by atoms with van der Waals surface area (Å²) in [7, 11) is -1.08. The minimum absolute atomic E-state index is 0.00172. The third-order valence-corrected chi connectivity index (χ3v) is 10.5. The molecule has 0 saturated carbocycles. The molecule has 42 heavy (non-hydrogen) atoms. The second-order valence-electron chi connectivity index (χ2n) is 10.9. The first-order valence-corrected chi connectivity index (χ1v) is 17.0. The Labute approximate surface area is 252 Å². The van der Waals surface area contributed by atoms with Crippen LogP contribution in [0.4, 0.5) is 10.5 Å². The van der Waals surface area contributed by atoms with Gasteiger partial charge in [-0.2, -0.15) is 0 Å². The first-order valence-electron chi connectivity index (χ1n) is 14.4. The highest BCUT2D eigenvalue weighted by atomic mass is 32.2. The topological polar surface area (TPSA) is 99.3 Å². The molecule has 2 saturated heterocycles. The second-order valence-corrected chi connectivity index (χ2v) is 14.4. The molecule has 11 heteroatoms. The minimum Gasteiger partial charge on any atom is -0.446 e. The van der Waals surface area contributed by atoms with Gasteiger partial charge in [-0.25, -0.2) is 13.2 Å². The van der Waals surface area contributed by atoms with Crippen molar-refractivity contribution in [1.29, 1.82) is 0 Å². The average Bonchev–Trinajstić information content (AvgIpc) is 3.46. The molecule has 2 aliphatic rings. The summed E-state index contributed by atoms with van der Waals surface area (Å²) >= 11 is 1.48. The molecule has 224 valence electrons. The van der Waals surface area contributed by atoms with E-state index in [1.54, 1.807) is 4.90 Å². The van der Waals surface area contributed by atoms with Gasteiger partial charge in [0.05, 0.1) is 22.1 Å². The molecule has 1 N–H and O–H groups in total. The van der Waals surface area contributed by atoms with E-state index in [0.29, 0.717) is 31.1 Å². The van der Waals surface area contributed by atoms with Gasteiger partial charge >= 0.3 is 6.09 Å². The summed E-state index contributed by atoms with van der Waals surface area (Å²) in [6.45, 7) is 4.72. The maximum atomic E-state index is 13.0. The molecule has 2 aromatic carbocycles. The van der Waals surface area contributed by atoms with Crippen LogP contribution >= 0.6 is 11.3 Å². The number of carbonyl (C=O) groups is 2. The number of thiophene rings is 1. The maximum absolute atomic E-state index is 13.0. The summed E-state index contributed by atoms with van der Waals surface area (Å²) in [6.07, 6.45) is 0.909. The fourth-order valence-electron chi connectivity index (χ4n) is 5.29. The van der Waals surface area contributed by atoms with Crippen molar-refractivity contribution in [1.82, 2.24) is 14.7 Å². The van der Waals surface area contributed by atoms with E-state index >= 15 is 0 Å². The van der Waals surface area contributed by atoms with Crippen molar-refractivity contribution in [3.05, 3.63) is 76.5 Å². The summed E-state index contributed by atoms with van der Waals surface area (Å²) in [5, 5.41) is 2.92. The van der Waals surface area contributed by atoms with E-state index in [1.807, 2.05) is 73.8 Å². The SMILES string of the molecule is CN(CCN1CCC(OC(=O)Nc2ccccc2-c2ccccc2)CC1)C(=O)c1ccc(CN2CCS(=O)(=O)CC2)s1. The van der Waals surface area contributed by atoms with E-state index in [9.17, 15) is 18.0 Å². The number of likely N-dealkylation sites (tertiary alicyclic amines) is 1. The van der Waals surface area contributed by atoms with Gasteiger partial charge in [-0.3, -0.25) is 15.0 Å². The summed E-state index contributed by atoms with van der Waals surface area (Å²) in [4.78, 5) is 33.7. The van der Waals surface area contributed by atoms with Crippen molar-refractivity contribution in [3.63, 3.8) is 0 Å². The molecule has 5 rings (SSSR count). The number of nitrogens with zero attached hydrogens (tertiary/aromatic N) is 3. The number of carbonyl (C=O) groups excluding carboxylic acids is 2. The first kappa shape index (κ1) is 30.2. The van der Waals surface area contributed by atoms with Crippen LogP contribution in [0, 0.1) is 0 Å². The van der Waals surface area contributed by atoms with E-state index < -0.39 is 15.9 Å². The van der Waals surface area contributed by atoms with Gasteiger partial charge in [-0.15, -0.1) is 11.3 Å². The number of sulfone groups is 1. The second kappa shape index (κ2) is 13.8. The predicted molar refractivity (Wildman–Crippen MR) is 167 cm³/mol. The zero-order valence-corrected chi connectivity index (χ0v) is 25.5. The molecule has 2 fully saturated rings. The standard InChI is InChI=1S/C31H38N4O5S2/c1-33(30(36)29-12-11-26(41-29)23-35-19-21-42(38,39)22-20-35)17-18-34-15-13-25(14-16-34)40-31(37)32-28-10-6-5-9-27(28)24-7-3-2-4-8-24/h2-12,25H,13-23H2,1H3,(H,32,37). The van der Waals surface area contributed by atoms with Gasteiger partial charge in [0.1, 0.15) is 6.10 Å². The largest absolute Gasteiger partial charge is 0.446 e. The highest BCUT2D eigenvalue weighted by Crippen LogP contribution is 2.28. The van der Waals surface area contributed by atoms with E-state index in [1.165, 1.54) is 11.3 Å². The van der Waals surface area contributed by atoms with Crippen LogP contribution in [0.3, 0.4) is 0 Å². The first-order chi connectivity index (χ1) is 20.3. The molecule has 0 aliphatic carbocycles. The lowest BCUT2D eigenvalue weighted by Crippen LogP contribution is -2.42. The van der Waals surface area contributed by atoms with Crippen LogP contribution in [0.2, 0.25) is 0 Å². The third-order valence-electron chi connectivity index (χ3n) is 7.84. The van der Waals surface area contributed by atoms with Crippen LogP contribution in [-0.2, 0) is 21.1 Å². The van der Waals surface area contributed by atoms with Crippen molar-refractivity contribution < 1.29 is 22.7 Å². The summed E-state index contributed by atoms with van der Waals surface area (Å²) in [5.41, 5.74) is 2.70. The molecule has 1 aromatic heterocycles. The minimum atomic E-state index is -2.90. The Bertz CT molecular complexity index is 1460. The summed E-state index contributed by atoms with van der Waals surface area (Å²) < 4.78 is 29.1. The van der Waals surface area contributed by atoms with Crippen LogP contribution in [-0.4, -0.2) is 99.0 Å². The molecule has 0 atom stereocenters. The van der Waals surface area contributed by atoms with E-state index in [4.69, 9.17) is 4.74 Å². The van der Waals surface area contributed by atoms with Crippen LogP contribution in [0.25, 0.3) is 11.1 Å². The average molecular weight is 611 g/mol. The zero-order valence-electron chi connectivity index (χ0n) is 23.9. The van der Waals surface area contributed by atoms with Crippen LogP contribution in [0.15, 0.2) is 66.7 Å². The Morgan fingerprint density at radius 2 is 1.62 bits per heavy atom. The Morgan fingerprint density at radius 1 is 0.929 bits per heavy atom. The fraction of sp³-hybridized carbons (Fsp3) is 0.419. The van der Waals surface area contributed by atoms with Gasteiger partial charge < -0.3 is 14.5 Å². The summed E-state index contributed by atoms with van der Waals surface area (Å²) in [5.74, 6) is 0.401. The highest BCUT2D eigenvalue weighted by molar-refractivity contribution is 7.91. The number of ether oxygens (including phenoxy) is 1.